The number of aldehydes is 1. The largest absolute Gasteiger partial charge is 0.462 e. The SMILES string of the molecule is C/C=C\[C@@H]1C[C@H](OC(=O)[C@@H](C)CC)[C@@H]2[C@@H](C=O)[C@@H](C)C=C[C@H]2C1. The van der Waals surface area contributed by atoms with Crippen molar-refractivity contribution in [2.24, 2.45) is 35.5 Å². The van der Waals surface area contributed by atoms with Crippen molar-refractivity contribution in [2.75, 3.05) is 0 Å². The zero-order valence-corrected chi connectivity index (χ0v) is 14.8. The van der Waals surface area contributed by atoms with Gasteiger partial charge in [0.1, 0.15) is 12.4 Å². The summed E-state index contributed by atoms with van der Waals surface area (Å²) in [6.45, 7) is 8.02. The van der Waals surface area contributed by atoms with Crippen LogP contribution in [0.1, 0.15) is 47.0 Å². The molecule has 2 aliphatic carbocycles. The maximum Gasteiger partial charge on any atom is 0.308 e. The van der Waals surface area contributed by atoms with Gasteiger partial charge in [0.25, 0.3) is 0 Å². The number of esters is 1. The Hall–Kier alpha value is -1.38. The number of ether oxygens (including phenoxy) is 1. The zero-order valence-electron chi connectivity index (χ0n) is 14.8. The minimum absolute atomic E-state index is 0.0497. The maximum absolute atomic E-state index is 12.3. The third-order valence-electron chi connectivity index (χ3n) is 5.65. The van der Waals surface area contributed by atoms with Crippen LogP contribution in [-0.4, -0.2) is 18.4 Å². The Morgan fingerprint density at radius 2 is 2.09 bits per heavy atom. The molecule has 1 saturated carbocycles. The molecule has 0 heterocycles. The highest BCUT2D eigenvalue weighted by molar-refractivity contribution is 5.72. The Bertz CT molecular complexity index is 479. The Morgan fingerprint density at radius 3 is 2.70 bits per heavy atom. The molecule has 3 nitrogen and oxygen atoms in total. The summed E-state index contributed by atoms with van der Waals surface area (Å²) in [4.78, 5) is 24.0. The van der Waals surface area contributed by atoms with Crippen molar-refractivity contribution < 1.29 is 14.3 Å². The van der Waals surface area contributed by atoms with E-state index >= 15 is 0 Å². The lowest BCUT2D eigenvalue weighted by Gasteiger charge is -2.45. The Labute approximate surface area is 140 Å². The highest BCUT2D eigenvalue weighted by atomic mass is 16.5. The fourth-order valence-electron chi connectivity index (χ4n) is 4.07. The summed E-state index contributed by atoms with van der Waals surface area (Å²) < 4.78 is 5.90. The first kappa shape index (κ1) is 18.0. The number of carbonyl (C=O) groups is 2. The van der Waals surface area contributed by atoms with Gasteiger partial charge in [-0.3, -0.25) is 4.79 Å². The number of hydrogen-bond donors (Lipinski definition) is 0. The third-order valence-corrected chi connectivity index (χ3v) is 5.65. The van der Waals surface area contributed by atoms with E-state index in [9.17, 15) is 9.59 Å². The van der Waals surface area contributed by atoms with E-state index in [2.05, 4.69) is 31.2 Å². The molecule has 1 fully saturated rings. The van der Waals surface area contributed by atoms with Crippen molar-refractivity contribution in [1.82, 2.24) is 0 Å². The van der Waals surface area contributed by atoms with Crippen LogP contribution in [0.5, 0.6) is 0 Å². The van der Waals surface area contributed by atoms with E-state index in [0.29, 0.717) is 11.8 Å². The minimum atomic E-state index is -0.154. The van der Waals surface area contributed by atoms with Crippen LogP contribution in [-0.2, 0) is 14.3 Å². The smallest absolute Gasteiger partial charge is 0.308 e. The van der Waals surface area contributed by atoms with E-state index in [1.165, 1.54) is 0 Å². The monoisotopic (exact) mass is 318 g/mol. The van der Waals surface area contributed by atoms with Crippen molar-refractivity contribution in [3.8, 4) is 0 Å². The van der Waals surface area contributed by atoms with E-state index in [-0.39, 0.29) is 35.7 Å². The van der Waals surface area contributed by atoms with Gasteiger partial charge in [-0.05, 0) is 43.9 Å². The molecule has 0 aromatic heterocycles. The average Bonchev–Trinajstić information content (AvgIpc) is 2.54. The second-order valence-electron chi connectivity index (χ2n) is 7.24. The third kappa shape index (κ3) is 3.94. The van der Waals surface area contributed by atoms with Crippen LogP contribution in [0.2, 0.25) is 0 Å². The summed E-state index contributed by atoms with van der Waals surface area (Å²) in [6.07, 6.45) is 12.3. The molecule has 0 aliphatic heterocycles. The molecule has 23 heavy (non-hydrogen) atoms. The van der Waals surface area contributed by atoms with Crippen LogP contribution in [0.4, 0.5) is 0 Å². The molecule has 128 valence electrons. The summed E-state index contributed by atoms with van der Waals surface area (Å²) in [5.74, 6) is 0.837. The van der Waals surface area contributed by atoms with Crippen molar-refractivity contribution in [1.29, 1.82) is 0 Å². The number of rotatable bonds is 5. The standard InChI is InChI=1S/C20H30O3/c1-5-7-15-10-16-9-8-14(4)17(12-21)19(16)18(11-15)23-20(22)13(3)6-2/h5,7-9,12-19H,6,10-11H2,1-4H3/b7-5-/t13-,14-,15-,16-,17-,18-,19-/m0/s1. The fraction of sp³-hybridized carbons (Fsp3) is 0.700. The molecule has 0 aromatic carbocycles. The molecule has 3 heteroatoms. The van der Waals surface area contributed by atoms with E-state index < -0.39 is 0 Å². The van der Waals surface area contributed by atoms with Crippen molar-refractivity contribution in [2.45, 2.75) is 53.1 Å². The average molecular weight is 318 g/mol. The van der Waals surface area contributed by atoms with Gasteiger partial charge in [-0.1, -0.05) is 45.1 Å². The highest BCUT2D eigenvalue weighted by Crippen LogP contribution is 2.45. The molecule has 0 N–H and O–H groups in total. The van der Waals surface area contributed by atoms with E-state index in [1.807, 2.05) is 20.8 Å². The molecule has 0 bridgehead atoms. The van der Waals surface area contributed by atoms with Crippen LogP contribution in [0, 0.1) is 35.5 Å². The van der Waals surface area contributed by atoms with Gasteiger partial charge in [0, 0.05) is 11.8 Å². The van der Waals surface area contributed by atoms with Crippen molar-refractivity contribution in [3.05, 3.63) is 24.3 Å². The lowest BCUT2D eigenvalue weighted by Crippen LogP contribution is -2.46. The second kappa shape index (κ2) is 7.94. The molecule has 7 atom stereocenters. The Balaban J connectivity index is 2.24. The highest BCUT2D eigenvalue weighted by Gasteiger charge is 2.45. The van der Waals surface area contributed by atoms with Gasteiger partial charge in [0.05, 0.1) is 5.92 Å². The van der Waals surface area contributed by atoms with Crippen LogP contribution in [0.25, 0.3) is 0 Å². The van der Waals surface area contributed by atoms with Gasteiger partial charge in [0.15, 0.2) is 0 Å². The zero-order chi connectivity index (χ0) is 17.0. The lowest BCUT2D eigenvalue weighted by atomic mass is 9.62. The predicted molar refractivity (Wildman–Crippen MR) is 91.7 cm³/mol. The quantitative estimate of drug-likeness (QED) is 0.434. The summed E-state index contributed by atoms with van der Waals surface area (Å²) in [5, 5.41) is 0. The van der Waals surface area contributed by atoms with E-state index in [4.69, 9.17) is 4.74 Å². The summed E-state index contributed by atoms with van der Waals surface area (Å²) in [5.41, 5.74) is 0. The van der Waals surface area contributed by atoms with Crippen molar-refractivity contribution in [3.63, 3.8) is 0 Å². The van der Waals surface area contributed by atoms with Crippen LogP contribution < -0.4 is 0 Å². The number of carbonyl (C=O) groups excluding carboxylic acids is 2. The first-order chi connectivity index (χ1) is 11.0. The lowest BCUT2D eigenvalue weighted by molar-refractivity contribution is -0.163. The van der Waals surface area contributed by atoms with Crippen molar-refractivity contribution >= 4 is 12.3 Å². The minimum Gasteiger partial charge on any atom is -0.462 e. The predicted octanol–water partition coefficient (Wildman–Crippen LogP) is 4.18. The first-order valence-corrected chi connectivity index (χ1v) is 8.98. The Kier molecular flexibility index (Phi) is 6.20. The fourth-order valence-corrected chi connectivity index (χ4v) is 4.07. The number of allylic oxidation sites excluding steroid dienone is 4. The summed E-state index contributed by atoms with van der Waals surface area (Å²) >= 11 is 0. The molecular weight excluding hydrogens is 288 g/mol. The molecule has 0 radical (unpaired) electrons. The molecular formula is C20H30O3. The second-order valence-corrected chi connectivity index (χ2v) is 7.24. The number of hydrogen-bond acceptors (Lipinski definition) is 3. The van der Waals surface area contributed by atoms with E-state index in [1.54, 1.807) is 0 Å². The molecule has 0 spiro atoms. The van der Waals surface area contributed by atoms with Gasteiger partial charge in [-0.25, -0.2) is 0 Å². The maximum atomic E-state index is 12.3. The van der Waals surface area contributed by atoms with Crippen LogP contribution in [0.15, 0.2) is 24.3 Å². The summed E-state index contributed by atoms with van der Waals surface area (Å²) in [7, 11) is 0. The topological polar surface area (TPSA) is 43.4 Å². The van der Waals surface area contributed by atoms with Gasteiger partial charge < -0.3 is 9.53 Å². The molecule has 0 amide bonds. The molecule has 2 rings (SSSR count). The van der Waals surface area contributed by atoms with Gasteiger partial charge >= 0.3 is 5.97 Å². The summed E-state index contributed by atoms with van der Waals surface area (Å²) in [6, 6.07) is 0. The number of fused-ring (bicyclic) bond motifs is 1. The van der Waals surface area contributed by atoms with E-state index in [0.717, 1.165) is 25.5 Å². The molecule has 0 saturated heterocycles. The first-order valence-electron chi connectivity index (χ1n) is 8.98. The Morgan fingerprint density at radius 1 is 1.35 bits per heavy atom. The molecule has 0 unspecified atom stereocenters. The molecule has 2 aliphatic rings. The van der Waals surface area contributed by atoms with Crippen LogP contribution >= 0.6 is 0 Å². The molecule has 0 aromatic rings. The van der Waals surface area contributed by atoms with Gasteiger partial charge in [0.2, 0.25) is 0 Å². The van der Waals surface area contributed by atoms with Gasteiger partial charge in [-0.2, -0.15) is 0 Å². The van der Waals surface area contributed by atoms with Gasteiger partial charge in [-0.15, -0.1) is 0 Å². The normalized spacial score (nSPS) is 38.1. The van der Waals surface area contributed by atoms with Crippen LogP contribution in [0.3, 0.4) is 0 Å².